The molecule has 2 aliphatic rings. The van der Waals surface area contributed by atoms with Crippen LogP contribution in [0.3, 0.4) is 0 Å². The number of hydrogen-bond donors (Lipinski definition) is 1. The molecule has 1 saturated carbocycles. The summed E-state index contributed by atoms with van der Waals surface area (Å²) < 4.78 is 5.22. The molecule has 0 radical (unpaired) electrons. The highest BCUT2D eigenvalue weighted by atomic mass is 16.5. The molecule has 2 fully saturated rings. The minimum absolute atomic E-state index is 0.140. The Morgan fingerprint density at radius 3 is 2.58 bits per heavy atom. The second-order valence-corrected chi connectivity index (χ2v) is 6.99. The Balaban J connectivity index is 1.58. The van der Waals surface area contributed by atoms with Crippen molar-refractivity contribution in [1.82, 2.24) is 4.90 Å². The number of nitrogens with two attached hydrogens (primary N) is 1. The van der Waals surface area contributed by atoms with Gasteiger partial charge in [-0.15, -0.1) is 0 Å². The number of carbonyl (C=O) groups is 1. The van der Waals surface area contributed by atoms with Crippen molar-refractivity contribution in [2.24, 2.45) is 11.7 Å². The van der Waals surface area contributed by atoms with E-state index in [2.05, 4.69) is 21.9 Å². The van der Waals surface area contributed by atoms with Gasteiger partial charge in [0.05, 0.1) is 7.11 Å². The highest BCUT2D eigenvalue weighted by Gasteiger charge is 2.29. The van der Waals surface area contributed by atoms with Gasteiger partial charge in [-0.1, -0.05) is 6.42 Å². The highest BCUT2D eigenvalue weighted by Crippen LogP contribution is 2.26. The van der Waals surface area contributed by atoms with Crippen molar-refractivity contribution >= 4 is 11.6 Å². The lowest BCUT2D eigenvalue weighted by Gasteiger charge is -2.31. The Kier molecular flexibility index (Phi) is 5.61. The Bertz CT molecular complexity index is 546. The van der Waals surface area contributed by atoms with Crippen LogP contribution in [-0.4, -0.2) is 50.1 Å². The van der Waals surface area contributed by atoms with Crippen LogP contribution in [0.4, 0.5) is 5.69 Å². The first-order chi connectivity index (χ1) is 11.7. The van der Waals surface area contributed by atoms with Crippen LogP contribution in [0, 0.1) is 5.92 Å². The highest BCUT2D eigenvalue weighted by molar-refractivity contribution is 5.79. The maximum Gasteiger partial charge on any atom is 0.225 e. The fourth-order valence-electron chi connectivity index (χ4n) is 3.90. The zero-order chi connectivity index (χ0) is 16.9. The van der Waals surface area contributed by atoms with Gasteiger partial charge in [0.1, 0.15) is 5.75 Å². The second kappa shape index (κ2) is 7.88. The van der Waals surface area contributed by atoms with E-state index in [4.69, 9.17) is 10.5 Å². The Labute approximate surface area is 144 Å². The van der Waals surface area contributed by atoms with Crippen LogP contribution in [0.1, 0.15) is 32.1 Å². The quantitative estimate of drug-likeness (QED) is 0.923. The van der Waals surface area contributed by atoms with Gasteiger partial charge in [0.15, 0.2) is 0 Å². The van der Waals surface area contributed by atoms with Crippen molar-refractivity contribution in [2.45, 2.75) is 38.1 Å². The summed E-state index contributed by atoms with van der Waals surface area (Å²) in [4.78, 5) is 17.2. The van der Waals surface area contributed by atoms with Crippen molar-refractivity contribution in [2.75, 3.05) is 38.2 Å². The van der Waals surface area contributed by atoms with Gasteiger partial charge in [-0.05, 0) is 49.9 Å². The minimum Gasteiger partial charge on any atom is -0.497 e. The van der Waals surface area contributed by atoms with Crippen molar-refractivity contribution < 1.29 is 9.53 Å². The Morgan fingerprint density at radius 2 is 1.88 bits per heavy atom. The summed E-state index contributed by atoms with van der Waals surface area (Å²) in [5.41, 5.74) is 7.25. The molecule has 3 rings (SSSR count). The monoisotopic (exact) mass is 331 g/mol. The third-order valence-electron chi connectivity index (χ3n) is 5.31. The fourth-order valence-corrected chi connectivity index (χ4v) is 3.90. The molecule has 5 nitrogen and oxygen atoms in total. The summed E-state index contributed by atoms with van der Waals surface area (Å²) in [5.74, 6) is 1.34. The van der Waals surface area contributed by atoms with Crippen LogP contribution >= 0.6 is 0 Å². The number of nitrogens with zero attached hydrogens (tertiary/aromatic N) is 2. The molecule has 2 atom stereocenters. The Hall–Kier alpha value is -1.75. The molecule has 1 saturated heterocycles. The van der Waals surface area contributed by atoms with E-state index in [1.165, 1.54) is 5.69 Å². The molecule has 2 N–H and O–H groups in total. The molecule has 1 aliphatic carbocycles. The van der Waals surface area contributed by atoms with Crippen LogP contribution in [0.15, 0.2) is 24.3 Å². The van der Waals surface area contributed by atoms with Gasteiger partial charge in [-0.2, -0.15) is 0 Å². The predicted octanol–water partition coefficient (Wildman–Crippen LogP) is 2.25. The lowest BCUT2D eigenvalue weighted by molar-refractivity contribution is -0.136. The maximum absolute atomic E-state index is 12.8. The molecule has 5 heteroatoms. The zero-order valence-corrected chi connectivity index (χ0v) is 14.6. The van der Waals surface area contributed by atoms with Crippen LogP contribution in [0.5, 0.6) is 5.75 Å². The van der Waals surface area contributed by atoms with Crippen molar-refractivity contribution in [3.8, 4) is 5.75 Å². The van der Waals surface area contributed by atoms with Crippen LogP contribution in [0.25, 0.3) is 0 Å². The first-order valence-electron chi connectivity index (χ1n) is 9.10. The van der Waals surface area contributed by atoms with E-state index in [0.29, 0.717) is 5.91 Å². The van der Waals surface area contributed by atoms with Gasteiger partial charge in [0.2, 0.25) is 5.91 Å². The molecule has 0 aromatic heterocycles. The molecule has 1 aromatic carbocycles. The van der Waals surface area contributed by atoms with Gasteiger partial charge >= 0.3 is 0 Å². The first-order valence-corrected chi connectivity index (χ1v) is 9.10. The fraction of sp³-hybridized carbons (Fsp3) is 0.632. The number of rotatable bonds is 3. The summed E-state index contributed by atoms with van der Waals surface area (Å²) in [5, 5.41) is 0. The molecule has 1 heterocycles. The largest absolute Gasteiger partial charge is 0.497 e. The molecular formula is C19H29N3O2. The summed E-state index contributed by atoms with van der Waals surface area (Å²) in [6.07, 6.45) is 5.03. The van der Waals surface area contributed by atoms with Crippen molar-refractivity contribution in [1.29, 1.82) is 0 Å². The van der Waals surface area contributed by atoms with Gasteiger partial charge in [0.25, 0.3) is 0 Å². The summed E-state index contributed by atoms with van der Waals surface area (Å²) >= 11 is 0. The number of carbonyl (C=O) groups excluding carboxylic acids is 1. The summed E-state index contributed by atoms with van der Waals surface area (Å²) in [7, 11) is 1.68. The third kappa shape index (κ3) is 4.01. The van der Waals surface area contributed by atoms with E-state index in [9.17, 15) is 4.79 Å². The first kappa shape index (κ1) is 17.1. The molecule has 24 heavy (non-hydrogen) atoms. The summed E-state index contributed by atoms with van der Waals surface area (Å²) in [6, 6.07) is 8.38. The van der Waals surface area contributed by atoms with Crippen LogP contribution in [0.2, 0.25) is 0 Å². The predicted molar refractivity (Wildman–Crippen MR) is 96.3 cm³/mol. The van der Waals surface area contributed by atoms with E-state index < -0.39 is 0 Å². The second-order valence-electron chi connectivity index (χ2n) is 6.99. The Morgan fingerprint density at radius 1 is 1.08 bits per heavy atom. The molecular weight excluding hydrogens is 302 g/mol. The summed E-state index contributed by atoms with van der Waals surface area (Å²) in [6.45, 7) is 3.53. The van der Waals surface area contributed by atoms with E-state index in [0.717, 1.165) is 64.0 Å². The normalized spacial score (nSPS) is 25.2. The lowest BCUT2D eigenvalue weighted by atomic mass is 9.85. The van der Waals surface area contributed by atoms with Gasteiger partial charge in [-0.25, -0.2) is 0 Å². The molecule has 1 aromatic rings. The number of anilines is 1. The number of amides is 1. The van der Waals surface area contributed by atoms with E-state index in [1.54, 1.807) is 7.11 Å². The molecule has 2 unspecified atom stereocenters. The minimum atomic E-state index is 0.140. The molecule has 1 amide bonds. The number of benzene rings is 1. The standard InChI is InChI=1S/C19H29N3O2/c1-24-18-8-6-17(7-9-18)21-10-3-11-22(13-12-21)19(23)15-4-2-5-16(20)14-15/h6-9,15-16H,2-5,10-14,20H2,1H3. The molecule has 132 valence electrons. The number of methoxy groups -OCH3 is 1. The zero-order valence-electron chi connectivity index (χ0n) is 14.6. The molecule has 0 spiro atoms. The molecule has 1 aliphatic heterocycles. The van der Waals surface area contributed by atoms with Crippen molar-refractivity contribution in [3.05, 3.63) is 24.3 Å². The van der Waals surface area contributed by atoms with Crippen LogP contribution in [-0.2, 0) is 4.79 Å². The van der Waals surface area contributed by atoms with E-state index in [1.807, 2.05) is 12.1 Å². The van der Waals surface area contributed by atoms with E-state index in [-0.39, 0.29) is 12.0 Å². The SMILES string of the molecule is COc1ccc(N2CCCN(C(=O)C3CCCC(N)C3)CC2)cc1. The van der Waals surface area contributed by atoms with Gasteiger partial charge in [0, 0.05) is 43.8 Å². The molecule has 0 bridgehead atoms. The number of ether oxygens (including phenoxy) is 1. The van der Waals surface area contributed by atoms with Crippen LogP contribution < -0.4 is 15.4 Å². The topological polar surface area (TPSA) is 58.8 Å². The smallest absolute Gasteiger partial charge is 0.225 e. The van der Waals surface area contributed by atoms with Crippen molar-refractivity contribution in [3.63, 3.8) is 0 Å². The average Bonchev–Trinajstić information content (AvgIpc) is 2.87. The third-order valence-corrected chi connectivity index (χ3v) is 5.31. The average molecular weight is 331 g/mol. The number of hydrogen-bond acceptors (Lipinski definition) is 4. The maximum atomic E-state index is 12.8. The van der Waals surface area contributed by atoms with Gasteiger partial charge in [-0.3, -0.25) is 4.79 Å². The van der Waals surface area contributed by atoms with Gasteiger partial charge < -0.3 is 20.3 Å². The lowest BCUT2D eigenvalue weighted by Crippen LogP contribution is -2.42. The van der Waals surface area contributed by atoms with E-state index >= 15 is 0 Å².